The third-order valence-electron chi connectivity index (χ3n) is 6.76. The van der Waals surface area contributed by atoms with Crippen LogP contribution < -0.4 is 10.1 Å². The number of piperidine rings is 1. The lowest BCUT2D eigenvalue weighted by Crippen LogP contribution is -2.45. The highest BCUT2D eigenvalue weighted by molar-refractivity contribution is 7.17. The fourth-order valence-electron chi connectivity index (χ4n) is 5.04. The molecule has 1 aliphatic heterocycles. The predicted octanol–water partition coefficient (Wildman–Crippen LogP) is 4.54. The Bertz CT molecular complexity index is 1470. The molecule has 2 fully saturated rings. The maximum atomic E-state index is 13.9. The van der Waals surface area contributed by atoms with Gasteiger partial charge >= 0.3 is 0 Å². The summed E-state index contributed by atoms with van der Waals surface area (Å²) in [5, 5.41) is 4.07. The van der Waals surface area contributed by atoms with Crippen LogP contribution in [0.1, 0.15) is 40.7 Å². The summed E-state index contributed by atoms with van der Waals surface area (Å²) in [5.74, 6) is 0.117. The van der Waals surface area contributed by atoms with Crippen LogP contribution >= 0.6 is 22.9 Å². The molecule has 3 atom stereocenters. The van der Waals surface area contributed by atoms with Gasteiger partial charge < -0.3 is 15.0 Å². The first-order chi connectivity index (χ1) is 17.5. The second-order valence-electron chi connectivity index (χ2n) is 9.05. The normalized spacial score (nSPS) is 20.4. The molecule has 184 valence electrons. The number of benzene rings is 1. The molecule has 10 heteroatoms. The van der Waals surface area contributed by atoms with Crippen molar-refractivity contribution < 1.29 is 14.3 Å². The minimum atomic E-state index is -0.214. The molecule has 1 saturated carbocycles. The van der Waals surface area contributed by atoms with Gasteiger partial charge in [0.25, 0.3) is 17.0 Å². The molecule has 4 heterocycles. The van der Waals surface area contributed by atoms with Crippen LogP contribution in [0.15, 0.2) is 54.9 Å². The zero-order valence-corrected chi connectivity index (χ0v) is 21.1. The summed E-state index contributed by atoms with van der Waals surface area (Å²) in [6, 6.07) is 13.1. The van der Waals surface area contributed by atoms with Crippen molar-refractivity contribution in [3.05, 3.63) is 71.3 Å². The number of nitrogens with one attached hydrogen (secondary N) is 1. The highest BCUT2D eigenvalue weighted by Gasteiger charge is 2.54. The molecule has 2 amide bonds. The van der Waals surface area contributed by atoms with Crippen LogP contribution in [-0.4, -0.2) is 56.3 Å². The lowest BCUT2D eigenvalue weighted by Gasteiger charge is -2.27. The van der Waals surface area contributed by atoms with Crippen LogP contribution in [0.2, 0.25) is 5.02 Å². The van der Waals surface area contributed by atoms with Crippen LogP contribution in [0, 0.1) is 5.92 Å². The van der Waals surface area contributed by atoms with E-state index < -0.39 is 0 Å². The summed E-state index contributed by atoms with van der Waals surface area (Å²) >= 11 is 7.58. The molecule has 4 aromatic rings. The van der Waals surface area contributed by atoms with Crippen molar-refractivity contribution in [1.29, 1.82) is 0 Å². The topological polar surface area (TPSA) is 88.8 Å². The zero-order valence-electron chi connectivity index (χ0n) is 19.6. The second kappa shape index (κ2) is 9.22. The van der Waals surface area contributed by atoms with Crippen LogP contribution in [-0.2, 0) is 0 Å². The van der Waals surface area contributed by atoms with Crippen LogP contribution in [0.4, 0.5) is 0 Å². The number of aromatic nitrogens is 3. The number of likely N-dealkylation sites (tertiary alicyclic amines) is 1. The van der Waals surface area contributed by atoms with Crippen molar-refractivity contribution in [2.75, 3.05) is 13.2 Å². The number of carbonyl (C=O) groups excluding carboxylic acids is 2. The van der Waals surface area contributed by atoms with Gasteiger partial charge in [-0.2, -0.15) is 4.98 Å². The number of halogens is 1. The van der Waals surface area contributed by atoms with Gasteiger partial charge in [0, 0.05) is 23.8 Å². The van der Waals surface area contributed by atoms with Gasteiger partial charge in [0.05, 0.1) is 23.7 Å². The zero-order chi connectivity index (χ0) is 24.8. The number of thiazole rings is 1. The smallest absolute Gasteiger partial charge is 0.274 e. The van der Waals surface area contributed by atoms with E-state index in [1.165, 1.54) is 11.3 Å². The van der Waals surface area contributed by atoms with Gasteiger partial charge in [-0.25, -0.2) is 4.98 Å². The van der Waals surface area contributed by atoms with E-state index in [1.807, 2.05) is 54.4 Å². The van der Waals surface area contributed by atoms with E-state index in [-0.39, 0.29) is 23.9 Å². The number of rotatable bonds is 7. The van der Waals surface area contributed by atoms with E-state index in [2.05, 4.69) is 15.3 Å². The van der Waals surface area contributed by atoms with Gasteiger partial charge in [-0.15, -0.1) is 0 Å². The Balaban J connectivity index is 1.24. The molecule has 0 unspecified atom stereocenters. The number of fused-ring (bicyclic) bond motifs is 2. The van der Waals surface area contributed by atoms with Crippen LogP contribution in [0.5, 0.6) is 5.19 Å². The van der Waals surface area contributed by atoms with Crippen molar-refractivity contribution in [1.82, 2.24) is 24.6 Å². The van der Waals surface area contributed by atoms with Gasteiger partial charge in [0.1, 0.15) is 11.3 Å². The Morgan fingerprint density at radius 2 is 2.11 bits per heavy atom. The minimum Gasteiger partial charge on any atom is -0.470 e. The fraction of sp³-hybridized carbons (Fsp3) is 0.308. The molecule has 2 aliphatic rings. The lowest BCUT2D eigenvalue weighted by molar-refractivity contribution is 0.0683. The molecule has 1 saturated heterocycles. The highest BCUT2D eigenvalue weighted by atomic mass is 35.5. The van der Waals surface area contributed by atoms with E-state index in [9.17, 15) is 9.59 Å². The third kappa shape index (κ3) is 4.12. The highest BCUT2D eigenvalue weighted by Crippen LogP contribution is 2.49. The molecular formula is C26H24ClN5O3S. The van der Waals surface area contributed by atoms with E-state index in [1.54, 1.807) is 16.7 Å². The first kappa shape index (κ1) is 23.0. The number of ether oxygens (including phenoxy) is 1. The average Bonchev–Trinajstić information content (AvgIpc) is 3.23. The summed E-state index contributed by atoms with van der Waals surface area (Å²) in [4.78, 5) is 38.4. The molecule has 0 spiro atoms. The monoisotopic (exact) mass is 521 g/mol. The Morgan fingerprint density at radius 1 is 1.22 bits per heavy atom. The molecule has 1 aromatic carbocycles. The number of amides is 2. The maximum absolute atomic E-state index is 13.9. The standard InChI is InChI=1S/C26H24ClN5O3S/c1-2-35-26-30-22(23(36-26)15-6-5-7-17(27)10-15)25(34)32-18(11-16-12-19(16)32)13-29-24(33)20-14-28-21-8-3-4-9-31(20)21/h3-10,14,16,18-19H,2,11-13H2,1H3,(H,29,33)/t16-,18+,19+/m1/s1. The molecule has 8 nitrogen and oxygen atoms in total. The predicted molar refractivity (Wildman–Crippen MR) is 138 cm³/mol. The van der Waals surface area contributed by atoms with Crippen molar-refractivity contribution in [2.24, 2.45) is 5.92 Å². The largest absolute Gasteiger partial charge is 0.470 e. The first-order valence-corrected chi connectivity index (χ1v) is 13.2. The van der Waals surface area contributed by atoms with Crippen LogP contribution in [0.25, 0.3) is 16.1 Å². The van der Waals surface area contributed by atoms with E-state index in [0.717, 1.165) is 23.3 Å². The molecule has 36 heavy (non-hydrogen) atoms. The summed E-state index contributed by atoms with van der Waals surface area (Å²) in [7, 11) is 0. The summed E-state index contributed by atoms with van der Waals surface area (Å²) < 4.78 is 7.41. The molecule has 6 rings (SSSR count). The average molecular weight is 522 g/mol. The Morgan fingerprint density at radius 3 is 2.94 bits per heavy atom. The van der Waals surface area contributed by atoms with E-state index >= 15 is 0 Å². The van der Waals surface area contributed by atoms with E-state index in [0.29, 0.717) is 46.3 Å². The van der Waals surface area contributed by atoms with Crippen molar-refractivity contribution >= 4 is 40.4 Å². The SMILES string of the molecule is CCOc1nc(C(=O)N2[C@H](CNC(=O)c3cnc4ccccn34)C[C@@H]3C[C@@H]32)c(-c2cccc(Cl)c2)s1. The Labute approximate surface area is 216 Å². The van der Waals surface area contributed by atoms with Gasteiger partial charge in [0.2, 0.25) is 0 Å². The third-order valence-corrected chi connectivity index (χ3v) is 8.01. The van der Waals surface area contributed by atoms with Crippen molar-refractivity contribution in [2.45, 2.75) is 31.8 Å². The van der Waals surface area contributed by atoms with E-state index in [4.69, 9.17) is 16.3 Å². The number of pyridine rings is 1. The van der Waals surface area contributed by atoms with Crippen LogP contribution in [0.3, 0.4) is 0 Å². The maximum Gasteiger partial charge on any atom is 0.274 e. The fourth-order valence-corrected chi connectivity index (χ4v) is 6.19. The molecule has 0 radical (unpaired) electrons. The molecule has 1 N–H and O–H groups in total. The molecule has 0 bridgehead atoms. The van der Waals surface area contributed by atoms with Crippen molar-refractivity contribution in [3.63, 3.8) is 0 Å². The molecular weight excluding hydrogens is 498 g/mol. The number of nitrogens with zero attached hydrogens (tertiary/aromatic N) is 4. The van der Waals surface area contributed by atoms with Gasteiger partial charge in [-0.05, 0) is 55.5 Å². The summed E-state index contributed by atoms with van der Waals surface area (Å²) in [5.41, 5.74) is 2.38. The Hall–Kier alpha value is -3.43. The van der Waals surface area contributed by atoms with Gasteiger partial charge in [-0.1, -0.05) is 41.1 Å². The first-order valence-electron chi connectivity index (χ1n) is 12.0. The Kier molecular flexibility index (Phi) is 5.89. The van der Waals surface area contributed by atoms with Gasteiger partial charge in [0.15, 0.2) is 5.69 Å². The quantitative estimate of drug-likeness (QED) is 0.385. The number of hydrogen-bond acceptors (Lipinski definition) is 6. The summed E-state index contributed by atoms with van der Waals surface area (Å²) in [6.07, 6.45) is 5.23. The lowest BCUT2D eigenvalue weighted by atomic mass is 10.1. The van der Waals surface area contributed by atoms with Crippen molar-refractivity contribution in [3.8, 4) is 15.6 Å². The molecule has 3 aromatic heterocycles. The number of hydrogen-bond donors (Lipinski definition) is 1. The minimum absolute atomic E-state index is 0.103. The number of carbonyl (C=O) groups is 2. The molecule has 1 aliphatic carbocycles. The van der Waals surface area contributed by atoms with Gasteiger partial charge in [-0.3, -0.25) is 14.0 Å². The summed E-state index contributed by atoms with van der Waals surface area (Å²) in [6.45, 7) is 2.72. The number of imidazole rings is 1. The second-order valence-corrected chi connectivity index (χ2v) is 10.4.